The second-order valence-corrected chi connectivity index (χ2v) is 4.27. The Kier molecular flexibility index (Phi) is 4.34. The summed E-state index contributed by atoms with van der Waals surface area (Å²) in [6.07, 6.45) is 0.403. The van der Waals surface area contributed by atoms with Crippen LogP contribution in [0, 0.1) is 17.5 Å². The van der Waals surface area contributed by atoms with Crippen LogP contribution in [-0.4, -0.2) is 23.2 Å². The maximum absolute atomic E-state index is 13.3. The number of rotatable bonds is 4. The van der Waals surface area contributed by atoms with Crippen LogP contribution < -0.4 is 5.32 Å². The van der Waals surface area contributed by atoms with Crippen LogP contribution in [0.3, 0.4) is 0 Å². The Bertz CT molecular complexity index is 459. The molecule has 0 spiro atoms. The molecule has 2 N–H and O–H groups in total. The first-order valence-corrected chi connectivity index (χ1v) is 5.41. The van der Waals surface area contributed by atoms with Gasteiger partial charge in [0.25, 0.3) is 5.91 Å². The van der Waals surface area contributed by atoms with Crippen LogP contribution in [0.25, 0.3) is 0 Å². The molecule has 0 radical (unpaired) electrons. The second-order valence-electron chi connectivity index (χ2n) is 4.27. The molecule has 3 nitrogen and oxygen atoms in total. The topological polar surface area (TPSA) is 49.3 Å². The number of halogens is 3. The van der Waals surface area contributed by atoms with E-state index in [4.69, 9.17) is 5.11 Å². The van der Waals surface area contributed by atoms with E-state index in [1.807, 2.05) is 0 Å². The highest BCUT2D eigenvalue weighted by molar-refractivity contribution is 5.95. The van der Waals surface area contributed by atoms with Crippen LogP contribution in [0.1, 0.15) is 30.6 Å². The molecule has 0 saturated heterocycles. The molecule has 0 fully saturated rings. The highest BCUT2D eigenvalue weighted by Gasteiger charge is 2.26. The lowest BCUT2D eigenvalue weighted by atomic mass is 9.99. The third-order valence-corrected chi connectivity index (χ3v) is 2.80. The molecule has 1 aromatic rings. The molecular weight excluding hydrogens is 247 g/mol. The van der Waals surface area contributed by atoms with Crippen LogP contribution in [0.5, 0.6) is 0 Å². The summed E-state index contributed by atoms with van der Waals surface area (Å²) in [4.78, 5) is 11.7. The molecule has 0 aliphatic heterocycles. The number of hydrogen-bond donors (Lipinski definition) is 2. The minimum atomic E-state index is -1.36. The molecule has 0 bridgehead atoms. The molecule has 1 rings (SSSR count). The van der Waals surface area contributed by atoms with E-state index in [9.17, 15) is 18.0 Å². The Hall–Kier alpha value is -1.56. The summed E-state index contributed by atoms with van der Waals surface area (Å²) in [7, 11) is 0. The van der Waals surface area contributed by atoms with Crippen molar-refractivity contribution in [3.05, 3.63) is 35.1 Å². The minimum absolute atomic E-state index is 0.312. The average Bonchev–Trinajstić information content (AvgIpc) is 2.33. The normalized spacial score (nSPS) is 14.1. The van der Waals surface area contributed by atoms with Crippen molar-refractivity contribution in [3.8, 4) is 0 Å². The molecule has 0 heterocycles. The number of nitrogens with one attached hydrogen (secondary N) is 1. The van der Waals surface area contributed by atoms with Crippen molar-refractivity contribution < 1.29 is 23.1 Å². The second kappa shape index (κ2) is 5.39. The van der Waals surface area contributed by atoms with Gasteiger partial charge in [-0.05, 0) is 19.4 Å². The van der Waals surface area contributed by atoms with Crippen LogP contribution in [-0.2, 0) is 0 Å². The number of benzene rings is 1. The van der Waals surface area contributed by atoms with Gasteiger partial charge in [0.05, 0.1) is 17.7 Å². The quantitative estimate of drug-likeness (QED) is 0.814. The Morgan fingerprint density at radius 1 is 1.28 bits per heavy atom. The molecule has 0 aromatic heterocycles. The Morgan fingerprint density at radius 2 is 1.83 bits per heavy atom. The van der Waals surface area contributed by atoms with E-state index in [0.717, 1.165) is 0 Å². The summed E-state index contributed by atoms with van der Waals surface area (Å²) in [5, 5.41) is 11.5. The maximum Gasteiger partial charge on any atom is 0.254 e. The molecule has 0 saturated carbocycles. The first-order valence-electron chi connectivity index (χ1n) is 5.41. The predicted molar refractivity (Wildman–Crippen MR) is 59.6 cm³/mol. The molecular formula is C12H14F3NO2. The van der Waals surface area contributed by atoms with Crippen LogP contribution in [0.2, 0.25) is 0 Å². The summed E-state index contributed by atoms with van der Waals surface area (Å²) in [5.74, 6) is -4.71. The summed E-state index contributed by atoms with van der Waals surface area (Å²) < 4.78 is 39.0. The zero-order valence-corrected chi connectivity index (χ0v) is 10.1. The number of aliphatic hydroxyl groups excluding tert-OH is 1. The van der Waals surface area contributed by atoms with Gasteiger partial charge in [-0.2, -0.15) is 0 Å². The van der Waals surface area contributed by atoms with E-state index in [1.165, 1.54) is 0 Å². The van der Waals surface area contributed by atoms with Crippen molar-refractivity contribution in [1.29, 1.82) is 0 Å². The third-order valence-electron chi connectivity index (χ3n) is 2.80. The highest BCUT2D eigenvalue weighted by Crippen LogP contribution is 2.16. The fourth-order valence-electron chi connectivity index (χ4n) is 1.28. The van der Waals surface area contributed by atoms with E-state index in [2.05, 4.69) is 5.32 Å². The zero-order chi connectivity index (χ0) is 13.9. The lowest BCUT2D eigenvalue weighted by Gasteiger charge is -2.27. The highest BCUT2D eigenvalue weighted by atomic mass is 19.2. The molecule has 100 valence electrons. The molecule has 6 heteroatoms. The summed E-state index contributed by atoms with van der Waals surface area (Å²) in [6, 6.07) is 0.805. The van der Waals surface area contributed by atoms with Crippen molar-refractivity contribution in [2.45, 2.75) is 25.8 Å². The van der Waals surface area contributed by atoms with Crippen molar-refractivity contribution in [3.63, 3.8) is 0 Å². The Morgan fingerprint density at radius 3 is 2.33 bits per heavy atom. The Labute approximate surface area is 103 Å². The van der Waals surface area contributed by atoms with E-state index in [-0.39, 0.29) is 6.61 Å². The third kappa shape index (κ3) is 3.01. The van der Waals surface area contributed by atoms with Crippen molar-refractivity contribution in [1.82, 2.24) is 5.32 Å². The van der Waals surface area contributed by atoms with Gasteiger partial charge in [0.1, 0.15) is 5.82 Å². The van der Waals surface area contributed by atoms with Gasteiger partial charge in [0, 0.05) is 6.07 Å². The van der Waals surface area contributed by atoms with Gasteiger partial charge in [0.2, 0.25) is 0 Å². The number of amides is 1. The van der Waals surface area contributed by atoms with Gasteiger partial charge < -0.3 is 10.4 Å². The lowest BCUT2D eigenvalue weighted by molar-refractivity contribution is 0.0842. The monoisotopic (exact) mass is 261 g/mol. The van der Waals surface area contributed by atoms with Gasteiger partial charge in [-0.1, -0.05) is 6.92 Å². The van der Waals surface area contributed by atoms with E-state index in [0.29, 0.717) is 18.6 Å². The fraction of sp³-hybridized carbons (Fsp3) is 0.417. The van der Waals surface area contributed by atoms with Gasteiger partial charge in [-0.15, -0.1) is 0 Å². The number of hydrogen-bond acceptors (Lipinski definition) is 2. The smallest absolute Gasteiger partial charge is 0.254 e. The average molecular weight is 261 g/mol. The standard InChI is InChI=1S/C12H14F3NO2/c1-3-12(2,6-17)16-11(18)7-4-9(14)10(15)5-8(7)13/h4-5,17H,3,6H2,1-2H3,(H,16,18)/t12-/m0/s1. The molecule has 1 amide bonds. The van der Waals surface area contributed by atoms with Crippen LogP contribution in [0.4, 0.5) is 13.2 Å². The van der Waals surface area contributed by atoms with Gasteiger partial charge in [0.15, 0.2) is 11.6 Å². The van der Waals surface area contributed by atoms with Crippen molar-refractivity contribution in [2.75, 3.05) is 6.61 Å². The largest absolute Gasteiger partial charge is 0.394 e. The Balaban J connectivity index is 3.01. The fourth-order valence-corrected chi connectivity index (χ4v) is 1.28. The van der Waals surface area contributed by atoms with E-state index >= 15 is 0 Å². The van der Waals surface area contributed by atoms with Gasteiger partial charge in [-0.3, -0.25) is 4.79 Å². The molecule has 0 unspecified atom stereocenters. The van der Waals surface area contributed by atoms with Crippen LogP contribution >= 0.6 is 0 Å². The predicted octanol–water partition coefficient (Wildman–Crippen LogP) is 1.99. The van der Waals surface area contributed by atoms with Crippen LogP contribution in [0.15, 0.2) is 12.1 Å². The number of carbonyl (C=O) groups excluding carboxylic acids is 1. The summed E-state index contributed by atoms with van der Waals surface area (Å²) in [6.45, 7) is 2.93. The number of carbonyl (C=O) groups is 1. The van der Waals surface area contributed by atoms with E-state index in [1.54, 1.807) is 13.8 Å². The molecule has 1 aromatic carbocycles. The van der Waals surface area contributed by atoms with Gasteiger partial charge >= 0.3 is 0 Å². The summed E-state index contributed by atoms with van der Waals surface area (Å²) in [5.41, 5.74) is -1.53. The zero-order valence-electron chi connectivity index (χ0n) is 10.1. The van der Waals surface area contributed by atoms with Gasteiger partial charge in [-0.25, -0.2) is 13.2 Å². The van der Waals surface area contributed by atoms with Crippen molar-refractivity contribution >= 4 is 5.91 Å². The molecule has 0 aliphatic rings. The SMILES string of the molecule is CC[C@@](C)(CO)NC(=O)c1cc(F)c(F)cc1F. The van der Waals surface area contributed by atoms with E-state index < -0.39 is 34.5 Å². The maximum atomic E-state index is 13.3. The number of aliphatic hydroxyl groups is 1. The first kappa shape index (κ1) is 14.5. The molecule has 18 heavy (non-hydrogen) atoms. The molecule has 0 aliphatic carbocycles. The lowest BCUT2D eigenvalue weighted by Crippen LogP contribution is -2.48. The first-order chi connectivity index (χ1) is 8.33. The van der Waals surface area contributed by atoms with Crippen molar-refractivity contribution in [2.24, 2.45) is 0 Å². The minimum Gasteiger partial charge on any atom is -0.394 e. The summed E-state index contributed by atoms with van der Waals surface area (Å²) >= 11 is 0. The molecule has 1 atom stereocenters.